The van der Waals surface area contributed by atoms with Crippen LogP contribution in [0.25, 0.3) is 0 Å². The maximum absolute atomic E-state index is 13.7. The highest BCUT2D eigenvalue weighted by atomic mass is 31.2. The number of hydrogen-bond donors (Lipinski definition) is 2. The molecule has 0 saturated heterocycles. The first-order valence-corrected chi connectivity index (χ1v) is 40.7. The number of ether oxygens (including phenoxy) is 1. The maximum Gasteiger partial charge on any atom is 0.472 e. The van der Waals surface area contributed by atoms with E-state index in [4.69, 9.17) is 13.8 Å². The van der Waals surface area contributed by atoms with E-state index in [2.05, 4.69) is 123 Å². The molecule has 0 aliphatic heterocycles. The summed E-state index contributed by atoms with van der Waals surface area (Å²) >= 11 is 0. The summed E-state index contributed by atoms with van der Waals surface area (Å²) in [5, 5.41) is 3.08. The van der Waals surface area contributed by atoms with Crippen LogP contribution in [-0.2, 0) is 27.9 Å². The highest BCUT2D eigenvalue weighted by Crippen LogP contribution is 2.43. The van der Waals surface area contributed by atoms with Crippen LogP contribution in [0.4, 0.5) is 0 Å². The fraction of sp³-hybridized carbons (Fsp3) is 0.759. The summed E-state index contributed by atoms with van der Waals surface area (Å²) in [5.74, 6) is -0.501. The molecule has 0 radical (unpaired) electrons. The Labute approximate surface area is 576 Å². The van der Waals surface area contributed by atoms with E-state index < -0.39 is 20.0 Å². The van der Waals surface area contributed by atoms with E-state index in [0.29, 0.717) is 17.4 Å². The van der Waals surface area contributed by atoms with Gasteiger partial charge in [-0.25, -0.2) is 4.57 Å². The van der Waals surface area contributed by atoms with Gasteiger partial charge in [0.2, 0.25) is 5.91 Å². The van der Waals surface area contributed by atoms with Gasteiger partial charge in [-0.2, -0.15) is 0 Å². The predicted octanol–water partition coefficient (Wildman–Crippen LogP) is 25.6. The van der Waals surface area contributed by atoms with E-state index in [1.807, 2.05) is 33.3 Å². The quantitative estimate of drug-likeness (QED) is 0.0205. The SMILES string of the molecule is CC/C=C\C/C=C\C/C=C\C/C=C\C/C=C\CCCCCCCCCCCCCC(=O)NC(COP(=O)(O)OCC[N+](C)(C)C)C(/C=C/CCCCCCCCCCCCC)OC(=O)CCCCCCCCCCCCCCCC/C=C\C/C=C\C/C=C\CCCCC. The first kappa shape index (κ1) is 89.7. The summed E-state index contributed by atoms with van der Waals surface area (Å²) in [7, 11) is 1.49. The molecule has 538 valence electrons. The normalized spacial score (nSPS) is 14.0. The second kappa shape index (κ2) is 71.4. The average Bonchev–Trinajstić information content (AvgIpc) is 2.31. The fourth-order valence-corrected chi connectivity index (χ4v) is 11.9. The molecule has 0 saturated carbocycles. The molecule has 0 aromatic heterocycles. The van der Waals surface area contributed by atoms with Crippen LogP contribution in [0.3, 0.4) is 0 Å². The molecular formula is C83H150N2O7P+. The smallest absolute Gasteiger partial charge is 0.456 e. The molecule has 0 aliphatic rings. The van der Waals surface area contributed by atoms with Crippen molar-refractivity contribution in [2.45, 2.75) is 367 Å². The summed E-state index contributed by atoms with van der Waals surface area (Å²) in [6.07, 6.45) is 99.7. The molecule has 93 heavy (non-hydrogen) atoms. The van der Waals surface area contributed by atoms with Gasteiger partial charge in [0.25, 0.3) is 0 Å². The second-order valence-corrected chi connectivity index (χ2v) is 29.0. The third-order valence-electron chi connectivity index (χ3n) is 17.2. The minimum absolute atomic E-state index is 0.0364. The lowest BCUT2D eigenvalue weighted by Crippen LogP contribution is -2.47. The molecule has 0 heterocycles. The van der Waals surface area contributed by atoms with Crippen molar-refractivity contribution < 1.29 is 37.3 Å². The predicted molar refractivity (Wildman–Crippen MR) is 406 cm³/mol. The van der Waals surface area contributed by atoms with Crippen molar-refractivity contribution in [1.82, 2.24) is 5.32 Å². The van der Waals surface area contributed by atoms with Gasteiger partial charge >= 0.3 is 13.8 Å². The molecule has 3 unspecified atom stereocenters. The van der Waals surface area contributed by atoms with Crippen LogP contribution in [0, 0.1) is 0 Å². The third kappa shape index (κ3) is 72.8. The summed E-state index contributed by atoms with van der Waals surface area (Å²) in [5.41, 5.74) is 0. The summed E-state index contributed by atoms with van der Waals surface area (Å²) in [6.45, 7) is 6.91. The monoisotopic (exact) mass is 1320 g/mol. The number of nitrogens with one attached hydrogen (secondary N) is 1. The van der Waals surface area contributed by atoms with Crippen molar-refractivity contribution in [2.24, 2.45) is 0 Å². The van der Waals surface area contributed by atoms with Gasteiger partial charge in [0, 0.05) is 12.8 Å². The molecule has 9 nitrogen and oxygen atoms in total. The lowest BCUT2D eigenvalue weighted by molar-refractivity contribution is -0.870. The van der Waals surface area contributed by atoms with E-state index in [1.165, 1.54) is 218 Å². The Kier molecular flexibility index (Phi) is 68.9. The Morgan fingerprint density at radius 1 is 0.387 bits per heavy atom. The Balaban J connectivity index is 4.99. The molecule has 0 aromatic carbocycles. The zero-order valence-electron chi connectivity index (χ0n) is 61.7. The maximum atomic E-state index is 13.7. The standard InChI is InChI=1S/C83H149N2O7P/c1-7-10-13-16-19-22-25-28-30-32-34-36-38-40-42-44-46-48-50-52-54-57-60-63-66-69-72-75-82(86)84-80(79-91-93(88,89)90-78-77-85(4,5)6)81(74-71-68-65-62-59-56-27-24-21-18-15-12-9-3)92-83(87)76-73-70-67-64-61-58-55-53-51-49-47-45-43-41-39-37-35-33-31-29-26-23-20-17-14-11-8-2/h10,13,19-20,22-23,28-31,34-37,40,42,71,74,80-81H,7-9,11-12,14-18,21,24-27,32-33,38-39,41,43-70,72-73,75-79H2,1-6H3,(H-,84,86,88,89)/p+1/b13-10-,22-19-,23-20-,30-28-,31-29-,36-34-,37-35-,42-40-,74-71+. The van der Waals surface area contributed by atoms with E-state index in [9.17, 15) is 19.0 Å². The lowest BCUT2D eigenvalue weighted by Gasteiger charge is -2.27. The first-order valence-electron chi connectivity index (χ1n) is 39.2. The van der Waals surface area contributed by atoms with Gasteiger partial charge in [-0.15, -0.1) is 0 Å². The largest absolute Gasteiger partial charge is 0.472 e. The zero-order valence-corrected chi connectivity index (χ0v) is 62.6. The van der Waals surface area contributed by atoms with Crippen LogP contribution >= 0.6 is 7.82 Å². The van der Waals surface area contributed by atoms with Gasteiger partial charge in [-0.3, -0.25) is 18.6 Å². The van der Waals surface area contributed by atoms with Crippen molar-refractivity contribution in [3.63, 3.8) is 0 Å². The molecule has 0 aliphatic carbocycles. The Bertz CT molecular complexity index is 1960. The number of phosphoric acid groups is 1. The number of nitrogens with zero attached hydrogens (tertiary/aromatic N) is 1. The molecule has 2 N–H and O–H groups in total. The molecule has 3 atom stereocenters. The highest BCUT2D eigenvalue weighted by molar-refractivity contribution is 7.47. The average molecular weight is 1320 g/mol. The van der Waals surface area contributed by atoms with Gasteiger partial charge in [0.1, 0.15) is 19.3 Å². The van der Waals surface area contributed by atoms with Crippen LogP contribution in [0.5, 0.6) is 0 Å². The molecule has 0 bridgehead atoms. The molecule has 10 heteroatoms. The van der Waals surface area contributed by atoms with Crippen molar-refractivity contribution in [2.75, 3.05) is 40.9 Å². The summed E-state index contributed by atoms with van der Waals surface area (Å²) in [6, 6.07) is -0.858. The topological polar surface area (TPSA) is 111 Å². The van der Waals surface area contributed by atoms with E-state index in [-0.39, 0.29) is 31.5 Å². The van der Waals surface area contributed by atoms with Crippen molar-refractivity contribution in [3.05, 3.63) is 109 Å². The van der Waals surface area contributed by atoms with Gasteiger partial charge in [-0.1, -0.05) is 336 Å². The molecule has 0 rings (SSSR count). The number of unbranched alkanes of at least 4 members (excludes halogenated alkanes) is 39. The van der Waals surface area contributed by atoms with Crippen molar-refractivity contribution in [3.8, 4) is 0 Å². The second-order valence-electron chi connectivity index (χ2n) is 27.5. The molecule has 0 fully saturated rings. The van der Waals surface area contributed by atoms with Crippen LogP contribution in [0.15, 0.2) is 109 Å². The first-order chi connectivity index (χ1) is 45.4. The number of allylic oxidation sites excluding steroid dienone is 17. The van der Waals surface area contributed by atoms with Crippen LogP contribution in [0.1, 0.15) is 355 Å². The molecule has 0 aromatic rings. The number of quaternary nitrogens is 1. The number of likely N-dealkylation sites (N-methyl/N-ethyl adjacent to an activating group) is 1. The van der Waals surface area contributed by atoms with Crippen LogP contribution < -0.4 is 5.32 Å². The summed E-state index contributed by atoms with van der Waals surface area (Å²) in [4.78, 5) is 38.1. The van der Waals surface area contributed by atoms with Crippen molar-refractivity contribution >= 4 is 19.7 Å². The molecule has 0 spiro atoms. The summed E-state index contributed by atoms with van der Waals surface area (Å²) < 4.78 is 30.9. The minimum Gasteiger partial charge on any atom is -0.456 e. The number of rotatable bonds is 71. The highest BCUT2D eigenvalue weighted by Gasteiger charge is 2.30. The Hall–Kier alpha value is -3.33. The fourth-order valence-electron chi connectivity index (χ4n) is 11.2. The van der Waals surface area contributed by atoms with Crippen LogP contribution in [0.2, 0.25) is 0 Å². The Morgan fingerprint density at radius 2 is 0.688 bits per heavy atom. The third-order valence-corrected chi connectivity index (χ3v) is 18.2. The number of carbonyl (C=O) groups is 2. The molecule has 1 amide bonds. The van der Waals surface area contributed by atoms with Gasteiger partial charge in [0.15, 0.2) is 0 Å². The van der Waals surface area contributed by atoms with E-state index >= 15 is 0 Å². The van der Waals surface area contributed by atoms with E-state index in [1.54, 1.807) is 0 Å². The minimum atomic E-state index is -4.47. The van der Waals surface area contributed by atoms with E-state index in [0.717, 1.165) is 103 Å². The van der Waals surface area contributed by atoms with Crippen molar-refractivity contribution in [1.29, 1.82) is 0 Å². The number of phosphoric ester groups is 1. The van der Waals surface area contributed by atoms with Gasteiger partial charge in [0.05, 0.1) is 33.8 Å². The number of amides is 1. The number of hydrogen-bond acceptors (Lipinski definition) is 6. The Morgan fingerprint density at radius 3 is 1.05 bits per heavy atom. The van der Waals surface area contributed by atoms with Gasteiger partial charge in [-0.05, 0) is 115 Å². The molecular weight excluding hydrogens is 1170 g/mol. The zero-order chi connectivity index (χ0) is 67.8. The lowest BCUT2D eigenvalue weighted by atomic mass is 10.0. The number of esters is 1. The van der Waals surface area contributed by atoms with Gasteiger partial charge < -0.3 is 19.4 Å². The number of carbonyl (C=O) groups excluding carboxylic acids is 2. The van der Waals surface area contributed by atoms with Crippen LogP contribution in [-0.4, -0.2) is 74.3 Å².